The van der Waals surface area contributed by atoms with Crippen molar-refractivity contribution in [3.63, 3.8) is 0 Å². The number of urea groups is 1. The molecule has 0 saturated heterocycles. The smallest absolute Gasteiger partial charge is 0.322 e. The first kappa shape index (κ1) is 24.3. The zero-order chi connectivity index (χ0) is 23.6. The number of nitrogens with zero attached hydrogens (tertiary/aromatic N) is 2. The normalized spacial score (nSPS) is 10.5. The number of hydrogen-bond donors (Lipinski definition) is 1. The van der Waals surface area contributed by atoms with Gasteiger partial charge < -0.3 is 19.9 Å². The van der Waals surface area contributed by atoms with Gasteiger partial charge in [0.2, 0.25) is 5.91 Å². The van der Waals surface area contributed by atoms with E-state index >= 15 is 0 Å². The molecule has 0 aliphatic heterocycles. The van der Waals surface area contributed by atoms with Gasteiger partial charge in [0.05, 0.1) is 13.7 Å². The minimum Gasteiger partial charge on any atom is -0.497 e. The summed E-state index contributed by atoms with van der Waals surface area (Å²) in [6.45, 7) is 5.57. The molecule has 2 aromatic carbocycles. The zero-order valence-corrected chi connectivity index (χ0v) is 20.2. The molecule has 33 heavy (non-hydrogen) atoms. The first-order chi connectivity index (χ1) is 16.0. The van der Waals surface area contributed by atoms with Crippen LogP contribution in [-0.4, -0.2) is 41.9 Å². The highest BCUT2D eigenvalue weighted by Crippen LogP contribution is 2.20. The summed E-state index contributed by atoms with van der Waals surface area (Å²) in [7, 11) is 1.58. The number of rotatable bonds is 10. The van der Waals surface area contributed by atoms with Crippen molar-refractivity contribution in [2.45, 2.75) is 33.4 Å². The largest absolute Gasteiger partial charge is 0.497 e. The van der Waals surface area contributed by atoms with E-state index in [1.54, 1.807) is 35.5 Å². The second-order valence-corrected chi connectivity index (χ2v) is 8.85. The summed E-state index contributed by atoms with van der Waals surface area (Å²) in [5.74, 6) is 0.576. The third-order valence-corrected chi connectivity index (χ3v) is 6.31. The Morgan fingerprint density at radius 2 is 1.79 bits per heavy atom. The lowest BCUT2D eigenvalue weighted by Crippen LogP contribution is -2.44. The first-order valence-electron chi connectivity index (χ1n) is 11.0. The van der Waals surface area contributed by atoms with Gasteiger partial charge in [0.25, 0.3) is 0 Å². The number of benzene rings is 2. The number of hydrogen-bond acceptors (Lipinski definition) is 4. The van der Waals surface area contributed by atoms with Gasteiger partial charge in [0.15, 0.2) is 0 Å². The Hall–Kier alpha value is -3.32. The zero-order valence-electron chi connectivity index (χ0n) is 19.4. The van der Waals surface area contributed by atoms with Gasteiger partial charge in [-0.1, -0.05) is 43.3 Å². The molecule has 3 amide bonds. The number of ether oxygens (including phenoxy) is 1. The van der Waals surface area contributed by atoms with Crippen molar-refractivity contribution in [3.8, 4) is 5.75 Å². The van der Waals surface area contributed by atoms with Crippen LogP contribution >= 0.6 is 11.3 Å². The molecule has 7 heteroatoms. The van der Waals surface area contributed by atoms with E-state index in [1.807, 2.05) is 59.7 Å². The van der Waals surface area contributed by atoms with Crippen LogP contribution in [0, 0.1) is 6.92 Å². The number of methoxy groups -OCH3 is 1. The first-order valence-corrected chi connectivity index (χ1v) is 11.9. The van der Waals surface area contributed by atoms with Crippen molar-refractivity contribution < 1.29 is 14.3 Å². The van der Waals surface area contributed by atoms with Crippen LogP contribution in [0.1, 0.15) is 29.3 Å². The van der Waals surface area contributed by atoms with Gasteiger partial charge in [-0.05, 0) is 48.1 Å². The molecule has 174 valence electrons. The van der Waals surface area contributed by atoms with E-state index < -0.39 is 0 Å². The molecular formula is C26H31N3O3S. The lowest BCUT2D eigenvalue weighted by molar-refractivity contribution is -0.133. The molecule has 0 bridgehead atoms. The fraction of sp³-hybridized carbons (Fsp3) is 0.308. The SMILES string of the molecule is CCCN(CC(=O)N(Cc1ccccc1)Cc1sccc1C)C(=O)Nc1cccc(OC)c1. The van der Waals surface area contributed by atoms with E-state index in [0.29, 0.717) is 31.1 Å². The Balaban J connectivity index is 1.74. The monoisotopic (exact) mass is 465 g/mol. The highest BCUT2D eigenvalue weighted by atomic mass is 32.1. The fourth-order valence-electron chi connectivity index (χ4n) is 3.46. The lowest BCUT2D eigenvalue weighted by atomic mass is 10.2. The predicted octanol–water partition coefficient (Wildman–Crippen LogP) is 5.54. The summed E-state index contributed by atoms with van der Waals surface area (Å²) in [4.78, 5) is 31.0. The van der Waals surface area contributed by atoms with Gasteiger partial charge in [-0.2, -0.15) is 0 Å². The van der Waals surface area contributed by atoms with Crippen LogP contribution in [0.3, 0.4) is 0 Å². The van der Waals surface area contributed by atoms with Crippen molar-refractivity contribution in [1.82, 2.24) is 9.80 Å². The average molecular weight is 466 g/mol. The number of carbonyl (C=O) groups is 2. The van der Waals surface area contributed by atoms with Crippen LogP contribution in [0.2, 0.25) is 0 Å². The van der Waals surface area contributed by atoms with Gasteiger partial charge in [0, 0.05) is 29.7 Å². The summed E-state index contributed by atoms with van der Waals surface area (Å²) in [6, 6.07) is 18.9. The van der Waals surface area contributed by atoms with E-state index in [-0.39, 0.29) is 18.5 Å². The minimum absolute atomic E-state index is 0.0148. The van der Waals surface area contributed by atoms with Gasteiger partial charge in [-0.15, -0.1) is 11.3 Å². The standard InChI is InChI=1S/C26H31N3O3S/c1-4-14-28(26(31)27-22-11-8-12-23(16-22)32-3)19-25(30)29(17-21-9-6-5-7-10-21)18-24-20(2)13-15-33-24/h5-13,15-16H,4,14,17-19H2,1-3H3,(H,27,31). The fourth-order valence-corrected chi connectivity index (χ4v) is 4.39. The molecule has 0 radical (unpaired) electrons. The maximum absolute atomic E-state index is 13.4. The highest BCUT2D eigenvalue weighted by Gasteiger charge is 2.22. The molecule has 6 nitrogen and oxygen atoms in total. The maximum Gasteiger partial charge on any atom is 0.322 e. The molecular weight excluding hydrogens is 434 g/mol. The number of thiophene rings is 1. The molecule has 1 heterocycles. The predicted molar refractivity (Wildman–Crippen MR) is 134 cm³/mol. The Morgan fingerprint density at radius 1 is 1.00 bits per heavy atom. The Kier molecular flexibility index (Phi) is 8.89. The van der Waals surface area contributed by atoms with Crippen LogP contribution in [0.25, 0.3) is 0 Å². The Labute approximate surface area is 199 Å². The number of aryl methyl sites for hydroxylation is 1. The van der Waals surface area contributed by atoms with E-state index in [1.165, 1.54) is 5.56 Å². The summed E-state index contributed by atoms with van der Waals surface area (Å²) in [6.07, 6.45) is 0.752. The van der Waals surface area contributed by atoms with E-state index in [9.17, 15) is 9.59 Å². The molecule has 1 N–H and O–H groups in total. The number of carbonyl (C=O) groups excluding carboxylic acids is 2. The molecule has 0 atom stereocenters. The molecule has 0 fully saturated rings. The van der Waals surface area contributed by atoms with Crippen molar-refractivity contribution in [1.29, 1.82) is 0 Å². The second-order valence-electron chi connectivity index (χ2n) is 7.85. The topological polar surface area (TPSA) is 61.9 Å². The number of anilines is 1. The van der Waals surface area contributed by atoms with Gasteiger partial charge in [-0.3, -0.25) is 4.79 Å². The highest BCUT2D eigenvalue weighted by molar-refractivity contribution is 7.10. The van der Waals surface area contributed by atoms with Crippen LogP contribution in [-0.2, 0) is 17.9 Å². The van der Waals surface area contributed by atoms with Crippen molar-refractivity contribution >= 4 is 29.0 Å². The molecule has 3 rings (SSSR count). The van der Waals surface area contributed by atoms with Crippen molar-refractivity contribution in [2.24, 2.45) is 0 Å². The number of nitrogens with one attached hydrogen (secondary N) is 1. The summed E-state index contributed by atoms with van der Waals surface area (Å²) in [5, 5.41) is 4.93. The van der Waals surface area contributed by atoms with Gasteiger partial charge in [0.1, 0.15) is 12.3 Å². The van der Waals surface area contributed by atoms with Crippen LogP contribution < -0.4 is 10.1 Å². The van der Waals surface area contributed by atoms with Crippen molar-refractivity contribution in [2.75, 3.05) is 25.5 Å². The summed E-state index contributed by atoms with van der Waals surface area (Å²) >= 11 is 1.65. The van der Waals surface area contributed by atoms with Gasteiger partial charge >= 0.3 is 6.03 Å². The summed E-state index contributed by atoms with van der Waals surface area (Å²) < 4.78 is 5.23. The second kappa shape index (κ2) is 12.1. The van der Waals surface area contributed by atoms with Crippen LogP contribution in [0.5, 0.6) is 5.75 Å². The van der Waals surface area contributed by atoms with Crippen molar-refractivity contribution in [3.05, 3.63) is 82.0 Å². The molecule has 0 saturated carbocycles. The minimum atomic E-state index is -0.301. The van der Waals surface area contributed by atoms with Crippen LogP contribution in [0.15, 0.2) is 66.0 Å². The van der Waals surface area contributed by atoms with E-state index in [4.69, 9.17) is 4.74 Å². The Bertz CT molecular complexity index is 1050. The summed E-state index contributed by atoms with van der Waals surface area (Å²) in [5.41, 5.74) is 2.86. The van der Waals surface area contributed by atoms with Crippen LogP contribution in [0.4, 0.5) is 10.5 Å². The van der Waals surface area contributed by atoms with E-state index in [2.05, 4.69) is 18.3 Å². The molecule has 0 aliphatic carbocycles. The molecule has 1 aromatic heterocycles. The maximum atomic E-state index is 13.4. The van der Waals surface area contributed by atoms with Gasteiger partial charge in [-0.25, -0.2) is 4.79 Å². The third-order valence-electron chi connectivity index (χ3n) is 5.30. The lowest BCUT2D eigenvalue weighted by Gasteiger charge is -2.28. The van der Waals surface area contributed by atoms with E-state index in [0.717, 1.165) is 16.9 Å². The Morgan fingerprint density at radius 3 is 2.45 bits per heavy atom. The molecule has 0 spiro atoms. The number of amides is 3. The molecule has 0 unspecified atom stereocenters. The third kappa shape index (κ3) is 7.08. The average Bonchev–Trinajstić information content (AvgIpc) is 3.23. The molecule has 3 aromatic rings. The quantitative estimate of drug-likeness (QED) is 0.428. The molecule has 0 aliphatic rings.